The third-order valence-electron chi connectivity index (χ3n) is 13.1. The van der Waals surface area contributed by atoms with Gasteiger partial charge in [0.25, 0.3) is 0 Å². The zero-order chi connectivity index (χ0) is 51.4. The third kappa shape index (κ3) is 16.3. The third-order valence-corrected chi connectivity index (χ3v) is 15.3. The second-order valence-corrected chi connectivity index (χ2v) is 20.9. The molecule has 2 saturated heterocycles. The van der Waals surface area contributed by atoms with Gasteiger partial charge in [0.15, 0.2) is 0 Å². The number of carbonyl (C=O) groups excluding carboxylic acids is 4. The zero-order valence-corrected chi connectivity index (χ0v) is 44.5. The lowest BCUT2D eigenvalue weighted by molar-refractivity contribution is -0.137. The topological polar surface area (TPSA) is 142 Å². The summed E-state index contributed by atoms with van der Waals surface area (Å²) in [7, 11) is 0. The maximum atomic E-state index is 14.3. The van der Waals surface area contributed by atoms with Crippen LogP contribution >= 0.6 is 23.1 Å². The van der Waals surface area contributed by atoms with E-state index in [0.29, 0.717) is 52.1 Å². The van der Waals surface area contributed by atoms with E-state index in [1.165, 1.54) is 0 Å². The zero-order valence-electron chi connectivity index (χ0n) is 42.8. The van der Waals surface area contributed by atoms with Gasteiger partial charge in [0, 0.05) is 107 Å². The number of amides is 4. The summed E-state index contributed by atoms with van der Waals surface area (Å²) >= 11 is 3.14. The molecule has 3 heterocycles. The fraction of sp³-hybridized carbons (Fsp3) is 0.397. The highest BCUT2D eigenvalue weighted by Gasteiger charge is 2.30. The molecule has 4 amide bonds. The normalized spacial score (nSPS) is 15.2. The largest absolute Gasteiger partial charge is 0.340 e. The lowest BCUT2D eigenvalue weighted by Crippen LogP contribution is -2.46. The number of allylic oxidation sites excluding steroid dienone is 1. The van der Waals surface area contributed by atoms with Crippen LogP contribution in [0.2, 0.25) is 0 Å². The summed E-state index contributed by atoms with van der Waals surface area (Å²) in [5.41, 5.74) is 5.78. The Labute approximate surface area is 440 Å². The number of rotatable bonds is 25. The number of aromatic nitrogens is 1. The van der Waals surface area contributed by atoms with Gasteiger partial charge < -0.3 is 40.9 Å². The molecule has 2 atom stereocenters. The van der Waals surface area contributed by atoms with Crippen LogP contribution in [0.3, 0.4) is 0 Å². The van der Waals surface area contributed by atoms with Gasteiger partial charge >= 0.3 is 0 Å². The molecule has 4 N–H and O–H groups in total. The van der Waals surface area contributed by atoms with Crippen molar-refractivity contribution in [1.82, 2.24) is 45.9 Å². The summed E-state index contributed by atoms with van der Waals surface area (Å²) < 4.78 is 0. The fourth-order valence-corrected chi connectivity index (χ4v) is 11.0. The Kier molecular flexibility index (Phi) is 21.4. The Morgan fingerprint density at radius 3 is 1.64 bits per heavy atom. The molecule has 2 aliphatic heterocycles. The standard InChI is InChI=1S/C58H73N9O4S2/c1-5-32-66(57(70)55(48-14-10-8-11-15-48)62-52(68)26-34-64-36-28-59-29-37-64)41-43(4)72-50(7-3)46-22-18-44(19-23-46)45-20-24-47(25-21-45)51-40-61-54(73-51)42-67(33-6-2)58(71)56(49-16-12-9-13-17-49)63-53(69)27-35-65-38-30-60-31-39-65/h7-25,40,55-56,59-60H,4-6,26-39,41-42H2,1-3H3,(H,62,68)(H,63,69). The quantitative estimate of drug-likeness (QED) is 0.0451. The number of hydrogen-bond donors (Lipinski definition) is 4. The van der Waals surface area contributed by atoms with Crippen LogP contribution in [0.25, 0.3) is 26.5 Å². The molecule has 0 bridgehead atoms. The molecule has 0 radical (unpaired) electrons. The van der Waals surface area contributed by atoms with E-state index < -0.39 is 12.1 Å². The van der Waals surface area contributed by atoms with Crippen LogP contribution < -0.4 is 21.3 Å². The first kappa shape index (κ1) is 54.8. The van der Waals surface area contributed by atoms with Gasteiger partial charge in [-0.05, 0) is 53.1 Å². The van der Waals surface area contributed by atoms with Crippen molar-refractivity contribution in [2.24, 2.45) is 0 Å². The summed E-state index contributed by atoms with van der Waals surface area (Å²) in [6.07, 6.45) is 6.16. The van der Waals surface area contributed by atoms with Crippen molar-refractivity contribution >= 4 is 51.6 Å². The molecule has 386 valence electrons. The van der Waals surface area contributed by atoms with E-state index in [1.807, 2.05) is 83.6 Å². The van der Waals surface area contributed by atoms with Gasteiger partial charge in [-0.15, -0.1) is 11.3 Å². The second kappa shape index (κ2) is 28.5. The average Bonchev–Trinajstić information content (AvgIpc) is 3.91. The average molecular weight is 1020 g/mol. The molecule has 15 heteroatoms. The summed E-state index contributed by atoms with van der Waals surface area (Å²) in [5, 5.41) is 13.7. The van der Waals surface area contributed by atoms with Crippen LogP contribution in [0.4, 0.5) is 0 Å². The number of thioether (sulfide) groups is 1. The monoisotopic (exact) mass is 1020 g/mol. The Morgan fingerprint density at radius 2 is 1.15 bits per heavy atom. The molecule has 2 unspecified atom stereocenters. The Balaban J connectivity index is 0.948. The first-order chi connectivity index (χ1) is 35.6. The minimum absolute atomic E-state index is 0.133. The molecule has 4 aromatic carbocycles. The molecular weight excluding hydrogens is 951 g/mol. The van der Waals surface area contributed by atoms with E-state index >= 15 is 0 Å². The molecule has 2 fully saturated rings. The number of hydrogen-bond acceptors (Lipinski definition) is 11. The fourth-order valence-electron chi connectivity index (χ4n) is 9.18. The first-order valence-corrected chi connectivity index (χ1v) is 27.6. The van der Waals surface area contributed by atoms with E-state index in [9.17, 15) is 19.2 Å². The number of thiazole rings is 1. The lowest BCUT2D eigenvalue weighted by atomic mass is 10.0. The predicted molar refractivity (Wildman–Crippen MR) is 298 cm³/mol. The summed E-state index contributed by atoms with van der Waals surface area (Å²) in [5.74, 6) is -0.549. The summed E-state index contributed by atoms with van der Waals surface area (Å²) in [6.45, 7) is 21.0. The van der Waals surface area contributed by atoms with Gasteiger partial charge in [0.05, 0.1) is 18.0 Å². The van der Waals surface area contributed by atoms with E-state index in [0.717, 1.165) is 118 Å². The first-order valence-electron chi connectivity index (χ1n) is 25.9. The van der Waals surface area contributed by atoms with Crippen molar-refractivity contribution in [1.29, 1.82) is 0 Å². The van der Waals surface area contributed by atoms with Crippen LogP contribution in [0.5, 0.6) is 0 Å². The van der Waals surface area contributed by atoms with Gasteiger partial charge in [-0.3, -0.25) is 19.2 Å². The van der Waals surface area contributed by atoms with Crippen molar-refractivity contribution < 1.29 is 19.2 Å². The maximum absolute atomic E-state index is 14.3. The van der Waals surface area contributed by atoms with Crippen LogP contribution in [-0.2, 0) is 25.7 Å². The highest BCUT2D eigenvalue weighted by Crippen LogP contribution is 2.36. The molecule has 5 aromatic rings. The van der Waals surface area contributed by atoms with Crippen molar-refractivity contribution in [3.8, 4) is 21.6 Å². The molecule has 13 nitrogen and oxygen atoms in total. The molecular formula is C58H73N9O4S2. The Bertz CT molecular complexity index is 2580. The minimum atomic E-state index is -0.791. The van der Waals surface area contributed by atoms with E-state index in [1.54, 1.807) is 23.1 Å². The molecule has 73 heavy (non-hydrogen) atoms. The molecule has 2 aliphatic rings. The number of nitrogens with one attached hydrogen (secondary N) is 4. The molecule has 0 saturated carbocycles. The number of benzene rings is 4. The molecule has 1 aromatic heterocycles. The molecule has 0 spiro atoms. The molecule has 0 aliphatic carbocycles. The Hall–Kier alpha value is -5.94. The van der Waals surface area contributed by atoms with Crippen molar-refractivity contribution in [2.75, 3.05) is 85.1 Å². The van der Waals surface area contributed by atoms with Crippen molar-refractivity contribution in [3.63, 3.8) is 0 Å². The summed E-state index contributed by atoms with van der Waals surface area (Å²) in [6, 6.07) is 34.4. The van der Waals surface area contributed by atoms with Crippen molar-refractivity contribution in [2.45, 2.75) is 65.1 Å². The van der Waals surface area contributed by atoms with Gasteiger partial charge in [-0.2, -0.15) is 0 Å². The van der Waals surface area contributed by atoms with Crippen LogP contribution in [0.15, 0.2) is 133 Å². The van der Waals surface area contributed by atoms with Gasteiger partial charge in [0.2, 0.25) is 23.6 Å². The van der Waals surface area contributed by atoms with Crippen LogP contribution in [-0.4, -0.2) is 133 Å². The Morgan fingerprint density at radius 1 is 0.685 bits per heavy atom. The number of piperazine rings is 2. The van der Waals surface area contributed by atoms with Crippen LogP contribution in [0.1, 0.15) is 80.2 Å². The number of nitrogens with zero attached hydrogens (tertiary/aromatic N) is 5. The molecule has 7 rings (SSSR count). The number of carbonyl (C=O) groups is 4. The van der Waals surface area contributed by atoms with Gasteiger partial charge in [-0.25, -0.2) is 4.98 Å². The van der Waals surface area contributed by atoms with Gasteiger partial charge in [0.1, 0.15) is 17.1 Å². The van der Waals surface area contributed by atoms with E-state index in [4.69, 9.17) is 4.98 Å². The second-order valence-electron chi connectivity index (χ2n) is 18.6. The highest BCUT2D eigenvalue weighted by atomic mass is 32.2. The predicted octanol–water partition coefficient (Wildman–Crippen LogP) is 8.37. The van der Waals surface area contributed by atoms with Gasteiger partial charge in [-0.1, -0.05) is 147 Å². The SMILES string of the molecule is C=C(CN(CCC)C(=O)C(NC(=O)CCN1CCNCC1)c1ccccc1)SC(=CC)c1ccc(-c2ccc(-c3cnc(CN(CCC)C(=O)C(NC(=O)CCN4CCNCC4)c4ccccc4)s3)cc2)cc1. The summed E-state index contributed by atoms with van der Waals surface area (Å²) in [4.78, 5) is 71.1. The van der Waals surface area contributed by atoms with E-state index in [-0.39, 0.29) is 23.6 Å². The van der Waals surface area contributed by atoms with Crippen molar-refractivity contribution in [3.05, 3.63) is 155 Å². The highest BCUT2D eigenvalue weighted by molar-refractivity contribution is 8.11. The van der Waals surface area contributed by atoms with Crippen LogP contribution in [0, 0.1) is 0 Å². The van der Waals surface area contributed by atoms with E-state index in [2.05, 4.69) is 106 Å². The lowest BCUT2D eigenvalue weighted by Gasteiger charge is -2.29. The minimum Gasteiger partial charge on any atom is -0.340 e. The maximum Gasteiger partial charge on any atom is 0.250 e. The smallest absolute Gasteiger partial charge is 0.250 e.